The molecule has 0 bridgehead atoms. The van der Waals surface area contributed by atoms with Crippen molar-refractivity contribution in [3.8, 4) is 5.75 Å². The SMILES string of the molecule is CC(C)CCOc1ccccc1CNC(=O)C1CSCN1C(=O)C1CCCC1. The zero-order valence-electron chi connectivity index (χ0n) is 17.0. The van der Waals surface area contributed by atoms with Crippen molar-refractivity contribution in [1.29, 1.82) is 0 Å². The second-order valence-electron chi connectivity index (χ2n) is 8.16. The summed E-state index contributed by atoms with van der Waals surface area (Å²) in [7, 11) is 0. The van der Waals surface area contributed by atoms with Crippen molar-refractivity contribution in [1.82, 2.24) is 10.2 Å². The molecule has 1 unspecified atom stereocenters. The fourth-order valence-corrected chi connectivity index (χ4v) is 4.94. The Kier molecular flexibility index (Phi) is 7.65. The fourth-order valence-electron chi connectivity index (χ4n) is 3.78. The first kappa shape index (κ1) is 21.0. The Morgan fingerprint density at radius 2 is 2.00 bits per heavy atom. The van der Waals surface area contributed by atoms with Gasteiger partial charge in [-0.15, -0.1) is 11.8 Å². The Morgan fingerprint density at radius 3 is 2.75 bits per heavy atom. The van der Waals surface area contributed by atoms with E-state index in [9.17, 15) is 9.59 Å². The van der Waals surface area contributed by atoms with Crippen molar-refractivity contribution in [2.45, 2.75) is 58.5 Å². The molecule has 1 aliphatic heterocycles. The molecular weight excluding hydrogens is 372 g/mol. The molecule has 0 radical (unpaired) electrons. The van der Waals surface area contributed by atoms with Gasteiger partial charge in [0.15, 0.2) is 0 Å². The normalized spacial score (nSPS) is 20.0. The van der Waals surface area contributed by atoms with Crippen LogP contribution in [0, 0.1) is 11.8 Å². The van der Waals surface area contributed by atoms with E-state index < -0.39 is 0 Å². The molecule has 1 saturated heterocycles. The molecule has 1 atom stereocenters. The maximum atomic E-state index is 12.8. The number of nitrogens with one attached hydrogen (secondary N) is 1. The number of para-hydroxylation sites is 1. The summed E-state index contributed by atoms with van der Waals surface area (Å²) in [5.41, 5.74) is 0.971. The minimum Gasteiger partial charge on any atom is -0.493 e. The lowest BCUT2D eigenvalue weighted by atomic mass is 10.1. The van der Waals surface area contributed by atoms with Gasteiger partial charge in [-0.1, -0.05) is 44.9 Å². The van der Waals surface area contributed by atoms with Gasteiger partial charge in [0.2, 0.25) is 11.8 Å². The van der Waals surface area contributed by atoms with Gasteiger partial charge in [0.05, 0.1) is 12.5 Å². The lowest BCUT2D eigenvalue weighted by molar-refractivity contribution is -0.141. The molecule has 0 aromatic heterocycles. The predicted molar refractivity (Wildman–Crippen MR) is 113 cm³/mol. The summed E-state index contributed by atoms with van der Waals surface area (Å²) in [6.07, 6.45) is 5.19. The van der Waals surface area contributed by atoms with Gasteiger partial charge in [-0.25, -0.2) is 0 Å². The molecule has 6 heteroatoms. The van der Waals surface area contributed by atoms with E-state index in [1.165, 1.54) is 0 Å². The van der Waals surface area contributed by atoms with E-state index >= 15 is 0 Å². The number of hydrogen-bond acceptors (Lipinski definition) is 4. The summed E-state index contributed by atoms with van der Waals surface area (Å²) >= 11 is 1.66. The molecule has 2 amide bonds. The third-order valence-electron chi connectivity index (χ3n) is 5.55. The molecule has 1 aromatic carbocycles. The van der Waals surface area contributed by atoms with Crippen LogP contribution in [0.2, 0.25) is 0 Å². The van der Waals surface area contributed by atoms with Crippen LogP contribution in [-0.2, 0) is 16.1 Å². The average Bonchev–Trinajstić information content (AvgIpc) is 3.38. The van der Waals surface area contributed by atoms with Crippen LogP contribution in [0.1, 0.15) is 51.5 Å². The monoisotopic (exact) mass is 404 g/mol. The number of nitrogens with zero attached hydrogens (tertiary/aromatic N) is 1. The Hall–Kier alpha value is -1.69. The number of carbonyl (C=O) groups excluding carboxylic acids is 2. The fraction of sp³-hybridized carbons (Fsp3) is 0.636. The topological polar surface area (TPSA) is 58.6 Å². The molecule has 0 spiro atoms. The highest BCUT2D eigenvalue weighted by molar-refractivity contribution is 7.99. The standard InChI is InChI=1S/C22H32N2O3S/c1-16(2)11-12-27-20-10-6-5-9-18(20)13-23-21(25)19-14-28-15-24(19)22(26)17-7-3-4-8-17/h5-6,9-10,16-17,19H,3-4,7-8,11-15H2,1-2H3,(H,23,25). The number of hydrogen-bond donors (Lipinski definition) is 1. The summed E-state index contributed by atoms with van der Waals surface area (Å²) in [6, 6.07) is 7.48. The highest BCUT2D eigenvalue weighted by Crippen LogP contribution is 2.31. The van der Waals surface area contributed by atoms with Crippen LogP contribution < -0.4 is 10.1 Å². The molecule has 2 fully saturated rings. The van der Waals surface area contributed by atoms with Gasteiger partial charge in [-0.2, -0.15) is 0 Å². The van der Waals surface area contributed by atoms with Gasteiger partial charge in [0.1, 0.15) is 11.8 Å². The minimum atomic E-state index is -0.355. The summed E-state index contributed by atoms with van der Waals surface area (Å²) in [5, 5.41) is 3.03. The minimum absolute atomic E-state index is 0.0617. The Bertz CT molecular complexity index is 674. The molecule has 3 rings (SSSR count). The third kappa shape index (κ3) is 5.43. The molecule has 28 heavy (non-hydrogen) atoms. The van der Waals surface area contributed by atoms with E-state index in [2.05, 4.69) is 19.2 Å². The van der Waals surface area contributed by atoms with Crippen molar-refractivity contribution in [2.75, 3.05) is 18.2 Å². The zero-order chi connectivity index (χ0) is 19.9. The lowest BCUT2D eigenvalue weighted by Gasteiger charge is -2.26. The molecule has 1 heterocycles. The lowest BCUT2D eigenvalue weighted by Crippen LogP contribution is -2.48. The molecule has 154 valence electrons. The quantitative estimate of drug-likeness (QED) is 0.716. The maximum Gasteiger partial charge on any atom is 0.243 e. The molecule has 1 saturated carbocycles. The number of ether oxygens (including phenoxy) is 1. The second kappa shape index (κ2) is 10.2. The van der Waals surface area contributed by atoms with Crippen molar-refractivity contribution in [3.63, 3.8) is 0 Å². The molecule has 5 nitrogen and oxygen atoms in total. The van der Waals surface area contributed by atoms with Crippen molar-refractivity contribution in [3.05, 3.63) is 29.8 Å². The van der Waals surface area contributed by atoms with Crippen LogP contribution in [0.4, 0.5) is 0 Å². The molecular formula is C22H32N2O3S. The summed E-state index contributed by atoms with van der Waals surface area (Å²) < 4.78 is 5.91. The van der Waals surface area contributed by atoms with E-state index in [4.69, 9.17) is 4.74 Å². The summed E-state index contributed by atoms with van der Waals surface area (Å²) in [5.74, 6) is 2.94. The van der Waals surface area contributed by atoms with Gasteiger partial charge >= 0.3 is 0 Å². The maximum absolute atomic E-state index is 12.8. The second-order valence-corrected chi connectivity index (χ2v) is 9.16. The highest BCUT2D eigenvalue weighted by atomic mass is 32.2. The van der Waals surface area contributed by atoms with Crippen LogP contribution in [0.25, 0.3) is 0 Å². The van der Waals surface area contributed by atoms with Crippen LogP contribution in [0.5, 0.6) is 5.75 Å². The molecule has 1 aromatic rings. The smallest absolute Gasteiger partial charge is 0.243 e. The zero-order valence-corrected chi connectivity index (χ0v) is 17.8. The summed E-state index contributed by atoms with van der Waals surface area (Å²) in [4.78, 5) is 27.4. The molecule has 1 aliphatic carbocycles. The first-order chi connectivity index (χ1) is 13.6. The Morgan fingerprint density at radius 1 is 1.25 bits per heavy atom. The van der Waals surface area contributed by atoms with E-state index in [1.54, 1.807) is 16.7 Å². The number of thioether (sulfide) groups is 1. The van der Waals surface area contributed by atoms with Crippen molar-refractivity contribution < 1.29 is 14.3 Å². The van der Waals surface area contributed by atoms with Crippen LogP contribution in [0.15, 0.2) is 24.3 Å². The number of carbonyl (C=O) groups is 2. The first-order valence-electron chi connectivity index (χ1n) is 10.4. The van der Waals surface area contributed by atoms with Gasteiger partial charge in [-0.3, -0.25) is 9.59 Å². The van der Waals surface area contributed by atoms with E-state index in [0.717, 1.165) is 43.4 Å². The van der Waals surface area contributed by atoms with Crippen molar-refractivity contribution in [2.24, 2.45) is 11.8 Å². The van der Waals surface area contributed by atoms with Gasteiger partial charge < -0.3 is 15.0 Å². The largest absolute Gasteiger partial charge is 0.493 e. The third-order valence-corrected chi connectivity index (χ3v) is 6.56. The molecule has 2 aliphatic rings. The Labute approximate surface area is 172 Å². The van der Waals surface area contributed by atoms with Crippen molar-refractivity contribution >= 4 is 23.6 Å². The van der Waals surface area contributed by atoms with Gasteiger partial charge in [0.25, 0.3) is 0 Å². The predicted octanol–water partition coefficient (Wildman–Crippen LogP) is 3.82. The van der Waals surface area contributed by atoms with Crippen LogP contribution >= 0.6 is 11.8 Å². The Balaban J connectivity index is 1.55. The van der Waals surface area contributed by atoms with Gasteiger partial charge in [0, 0.05) is 23.8 Å². The van der Waals surface area contributed by atoms with E-state index in [-0.39, 0.29) is 23.8 Å². The first-order valence-corrected chi connectivity index (χ1v) is 11.6. The van der Waals surface area contributed by atoms with E-state index in [0.29, 0.717) is 30.7 Å². The van der Waals surface area contributed by atoms with E-state index in [1.807, 2.05) is 24.3 Å². The highest BCUT2D eigenvalue weighted by Gasteiger charge is 2.38. The number of benzene rings is 1. The average molecular weight is 405 g/mol. The van der Waals surface area contributed by atoms with Crippen LogP contribution in [0.3, 0.4) is 0 Å². The number of rotatable bonds is 8. The number of amides is 2. The summed E-state index contributed by atoms with van der Waals surface area (Å²) in [6.45, 7) is 5.44. The molecule has 1 N–H and O–H groups in total. The van der Waals surface area contributed by atoms with Crippen LogP contribution in [-0.4, -0.2) is 41.0 Å². The van der Waals surface area contributed by atoms with Gasteiger partial charge in [-0.05, 0) is 31.2 Å².